The zero-order chi connectivity index (χ0) is 26.7. The molecule has 2 N–H and O–H groups in total. The second-order valence-electron chi connectivity index (χ2n) is 11.2. The van der Waals surface area contributed by atoms with Gasteiger partial charge in [-0.25, -0.2) is 0 Å². The number of aliphatic hydroxyl groups excluding tert-OH is 1. The summed E-state index contributed by atoms with van der Waals surface area (Å²) in [6.45, 7) is 10.3. The van der Waals surface area contributed by atoms with Crippen molar-refractivity contribution in [3.05, 3.63) is 0 Å². The molecule has 0 aromatic heterocycles. The first-order valence-corrected chi connectivity index (χ1v) is 13.6. The molecule has 208 valence electrons. The number of nitriles is 1. The third kappa shape index (κ3) is 6.61. The molecular weight excluding hydrogens is 480 g/mol. The minimum Gasteiger partial charge on any atom is -0.459 e. The van der Waals surface area contributed by atoms with Crippen molar-refractivity contribution in [2.24, 2.45) is 5.92 Å². The van der Waals surface area contributed by atoms with Crippen molar-refractivity contribution < 1.29 is 33.6 Å². The first-order valence-electron chi connectivity index (χ1n) is 13.6. The van der Waals surface area contributed by atoms with Gasteiger partial charge in [-0.3, -0.25) is 9.59 Å². The van der Waals surface area contributed by atoms with E-state index in [1.54, 1.807) is 4.90 Å². The zero-order valence-electron chi connectivity index (χ0n) is 22.4. The number of piperidine rings is 1. The van der Waals surface area contributed by atoms with E-state index in [1.807, 2.05) is 27.7 Å². The number of likely N-dealkylation sites (tertiary alicyclic amines) is 2. The molecule has 2 unspecified atom stereocenters. The first-order chi connectivity index (χ1) is 17.6. The van der Waals surface area contributed by atoms with Crippen molar-refractivity contribution in [2.75, 3.05) is 32.7 Å². The topological polar surface area (TPSA) is 134 Å². The van der Waals surface area contributed by atoms with Gasteiger partial charge in [0.2, 0.25) is 5.91 Å². The lowest BCUT2D eigenvalue weighted by Gasteiger charge is -2.35. The molecular formula is C26H42N4O7. The highest BCUT2D eigenvalue weighted by Crippen LogP contribution is 2.37. The number of aliphatic hydroxyl groups is 1. The lowest BCUT2D eigenvalue weighted by atomic mass is 10.0. The first kappa shape index (κ1) is 28.2. The van der Waals surface area contributed by atoms with Crippen molar-refractivity contribution in [1.29, 1.82) is 5.26 Å². The maximum Gasteiger partial charge on any atom is 0.306 e. The number of carbonyl (C=O) groups excluding carboxylic acids is 2. The maximum atomic E-state index is 13.0. The van der Waals surface area contributed by atoms with Gasteiger partial charge in [0.25, 0.3) is 0 Å². The average molecular weight is 523 g/mol. The molecule has 4 saturated heterocycles. The number of hydrogen-bond donors (Lipinski definition) is 2. The number of nitrogens with zero attached hydrogens (tertiary/aromatic N) is 3. The molecule has 0 saturated carbocycles. The molecule has 4 heterocycles. The zero-order valence-corrected chi connectivity index (χ0v) is 22.4. The van der Waals surface area contributed by atoms with Crippen LogP contribution in [0.1, 0.15) is 59.8 Å². The highest BCUT2D eigenvalue weighted by atomic mass is 16.8. The van der Waals surface area contributed by atoms with Crippen LogP contribution in [0.5, 0.6) is 0 Å². The number of amides is 1. The molecule has 0 spiro atoms. The molecule has 4 aliphatic rings. The Hall–Kier alpha value is -1.81. The van der Waals surface area contributed by atoms with Gasteiger partial charge in [-0.15, -0.1) is 0 Å². The molecule has 0 bridgehead atoms. The molecule has 0 aromatic rings. The molecule has 0 radical (unpaired) electrons. The fourth-order valence-corrected chi connectivity index (χ4v) is 5.75. The van der Waals surface area contributed by atoms with Gasteiger partial charge in [-0.05, 0) is 46.2 Å². The van der Waals surface area contributed by atoms with Crippen LogP contribution in [0.15, 0.2) is 0 Å². The number of unbranched alkanes of at least 4 members (excludes halogenated alkanes) is 1. The van der Waals surface area contributed by atoms with Crippen molar-refractivity contribution in [3.63, 3.8) is 0 Å². The van der Waals surface area contributed by atoms with E-state index in [0.29, 0.717) is 19.5 Å². The molecule has 11 heteroatoms. The molecule has 4 fully saturated rings. The largest absolute Gasteiger partial charge is 0.459 e. The predicted molar refractivity (Wildman–Crippen MR) is 132 cm³/mol. The van der Waals surface area contributed by atoms with Crippen molar-refractivity contribution in [3.8, 4) is 6.07 Å². The Balaban J connectivity index is 1.18. The smallest absolute Gasteiger partial charge is 0.306 e. The van der Waals surface area contributed by atoms with E-state index in [1.165, 1.54) is 0 Å². The van der Waals surface area contributed by atoms with Gasteiger partial charge in [0.15, 0.2) is 18.1 Å². The van der Waals surface area contributed by atoms with E-state index in [4.69, 9.17) is 18.9 Å². The number of ether oxygens (including phenoxy) is 4. The van der Waals surface area contributed by atoms with Gasteiger partial charge < -0.3 is 39.2 Å². The lowest BCUT2D eigenvalue weighted by Crippen LogP contribution is -2.50. The van der Waals surface area contributed by atoms with E-state index in [9.17, 15) is 20.0 Å². The van der Waals surface area contributed by atoms with Crippen molar-refractivity contribution in [1.82, 2.24) is 15.1 Å². The minimum atomic E-state index is -0.757. The summed E-state index contributed by atoms with van der Waals surface area (Å²) in [5.74, 6) is -1.29. The van der Waals surface area contributed by atoms with Crippen LogP contribution in [0, 0.1) is 17.2 Å². The van der Waals surface area contributed by atoms with Crippen molar-refractivity contribution >= 4 is 11.9 Å². The lowest BCUT2D eigenvalue weighted by molar-refractivity contribution is -0.216. The third-order valence-electron chi connectivity index (χ3n) is 7.83. The highest BCUT2D eigenvalue weighted by molar-refractivity contribution is 5.79. The average Bonchev–Trinajstić information content (AvgIpc) is 3.44. The summed E-state index contributed by atoms with van der Waals surface area (Å²) >= 11 is 0. The van der Waals surface area contributed by atoms with Crippen LogP contribution < -0.4 is 5.32 Å². The Bertz CT molecular complexity index is 856. The fourth-order valence-electron chi connectivity index (χ4n) is 5.75. The monoisotopic (exact) mass is 522 g/mol. The molecule has 0 aromatic carbocycles. The molecule has 4 rings (SSSR count). The van der Waals surface area contributed by atoms with Gasteiger partial charge in [0, 0.05) is 31.5 Å². The van der Waals surface area contributed by atoms with E-state index >= 15 is 0 Å². The van der Waals surface area contributed by atoms with Crippen molar-refractivity contribution in [2.45, 2.75) is 108 Å². The predicted octanol–water partition coefficient (Wildman–Crippen LogP) is 0.750. The SMILES string of the molecule is CCCCC(=O)OC1C(C)CN(C(=O)CNC2CCN(C[C@H]3O[C@@H]4OC(C)(C)O[C@@H]4[C@H]3O)CC2)[C@@H]1C#N. The van der Waals surface area contributed by atoms with Gasteiger partial charge >= 0.3 is 5.97 Å². The summed E-state index contributed by atoms with van der Waals surface area (Å²) in [5.41, 5.74) is 0. The second-order valence-corrected chi connectivity index (χ2v) is 11.2. The minimum absolute atomic E-state index is 0.0861. The molecule has 37 heavy (non-hydrogen) atoms. The summed E-state index contributed by atoms with van der Waals surface area (Å²) in [5, 5.41) is 23.7. The number of carbonyl (C=O) groups is 2. The highest BCUT2D eigenvalue weighted by Gasteiger charge is 2.54. The quantitative estimate of drug-likeness (QED) is 0.418. The summed E-state index contributed by atoms with van der Waals surface area (Å²) < 4.78 is 23.0. The molecule has 0 aliphatic carbocycles. The van der Waals surface area contributed by atoms with Gasteiger partial charge in [0.1, 0.15) is 24.4 Å². The summed E-state index contributed by atoms with van der Waals surface area (Å²) in [7, 11) is 0. The summed E-state index contributed by atoms with van der Waals surface area (Å²) in [4.78, 5) is 28.9. The number of nitrogens with one attached hydrogen (secondary N) is 1. The summed E-state index contributed by atoms with van der Waals surface area (Å²) in [6.07, 6.45) is 1.02. The van der Waals surface area contributed by atoms with Crippen LogP contribution in [0.2, 0.25) is 0 Å². The van der Waals surface area contributed by atoms with Crippen LogP contribution in [0.25, 0.3) is 0 Å². The number of hydrogen-bond acceptors (Lipinski definition) is 10. The van der Waals surface area contributed by atoms with Gasteiger partial charge in [-0.2, -0.15) is 5.26 Å². The molecule has 7 atom stereocenters. The third-order valence-corrected chi connectivity index (χ3v) is 7.83. The second kappa shape index (κ2) is 11.9. The molecule has 11 nitrogen and oxygen atoms in total. The number of esters is 1. The molecule has 1 amide bonds. The Morgan fingerprint density at radius 2 is 1.97 bits per heavy atom. The Kier molecular flexibility index (Phi) is 9.09. The van der Waals surface area contributed by atoms with E-state index < -0.39 is 36.4 Å². The van der Waals surface area contributed by atoms with Crippen LogP contribution in [-0.2, 0) is 28.5 Å². The van der Waals surface area contributed by atoms with Gasteiger partial charge in [-0.1, -0.05) is 20.3 Å². The van der Waals surface area contributed by atoms with Crippen LogP contribution in [-0.4, -0.2) is 108 Å². The Labute approximate surface area is 219 Å². The van der Waals surface area contributed by atoms with Crippen LogP contribution >= 0.6 is 0 Å². The van der Waals surface area contributed by atoms with E-state index in [-0.39, 0.29) is 36.5 Å². The molecule has 4 aliphatic heterocycles. The Morgan fingerprint density at radius 1 is 1.24 bits per heavy atom. The van der Waals surface area contributed by atoms with E-state index in [2.05, 4.69) is 16.3 Å². The van der Waals surface area contributed by atoms with E-state index in [0.717, 1.165) is 38.8 Å². The van der Waals surface area contributed by atoms with Crippen LogP contribution in [0.4, 0.5) is 0 Å². The normalized spacial score (nSPS) is 35.9. The number of rotatable bonds is 9. The van der Waals surface area contributed by atoms with Gasteiger partial charge in [0.05, 0.1) is 12.6 Å². The number of fused-ring (bicyclic) bond motifs is 1. The fraction of sp³-hybridized carbons (Fsp3) is 0.885. The summed E-state index contributed by atoms with van der Waals surface area (Å²) in [6, 6.07) is 1.61. The maximum absolute atomic E-state index is 13.0. The van der Waals surface area contributed by atoms with Crippen LogP contribution in [0.3, 0.4) is 0 Å². The standard InChI is InChI=1S/C26H42N4O7/c1-5-6-7-21(32)35-23-16(2)14-30(18(23)12-27)20(31)13-28-17-8-10-29(11-9-17)15-19-22(33)24-25(34-19)37-26(3,4)36-24/h16-19,22-25,28,33H,5-11,13-15H2,1-4H3/t16?,18-,19-,22+,23?,24-,25-/m1/s1. The Morgan fingerprint density at radius 3 is 2.62 bits per heavy atom.